The molecule has 0 aromatic heterocycles. The lowest BCUT2D eigenvalue weighted by molar-refractivity contribution is 0.00159. The SMILES string of the molecule is CC(C)[CH2][Al]1[CH2]CCC(CC(C)C)(CC(C)C)[O]1. The zero-order chi connectivity index (χ0) is 13.8. The van der Waals surface area contributed by atoms with Gasteiger partial charge in [0.2, 0.25) is 0 Å². The van der Waals surface area contributed by atoms with Crippen molar-refractivity contribution in [2.45, 2.75) is 83.4 Å². The Balaban J connectivity index is 2.69. The molecule has 106 valence electrons. The molecule has 0 unspecified atom stereocenters. The highest BCUT2D eigenvalue weighted by atomic mass is 27.2. The Bertz CT molecular complexity index is 225. The minimum atomic E-state index is -0.927. The van der Waals surface area contributed by atoms with Gasteiger partial charge in [0.1, 0.15) is 0 Å². The van der Waals surface area contributed by atoms with Crippen molar-refractivity contribution in [2.75, 3.05) is 0 Å². The second kappa shape index (κ2) is 7.32. The van der Waals surface area contributed by atoms with Crippen LogP contribution in [0.5, 0.6) is 0 Å². The fraction of sp³-hybridized carbons (Fsp3) is 1.00. The van der Waals surface area contributed by atoms with Gasteiger partial charge in [-0.2, -0.15) is 0 Å². The summed E-state index contributed by atoms with van der Waals surface area (Å²) in [6.45, 7) is 14.1. The summed E-state index contributed by atoms with van der Waals surface area (Å²) in [5.41, 5.74) is 0.242. The van der Waals surface area contributed by atoms with E-state index in [1.165, 1.54) is 36.2 Å². The van der Waals surface area contributed by atoms with Crippen LogP contribution >= 0.6 is 0 Å². The molecule has 1 rings (SSSR count). The third-order valence-electron chi connectivity index (χ3n) is 3.87. The minimum Gasteiger partial charge on any atom is -0.496 e. The van der Waals surface area contributed by atoms with Crippen LogP contribution in [0.1, 0.15) is 67.2 Å². The van der Waals surface area contributed by atoms with E-state index in [2.05, 4.69) is 41.5 Å². The molecule has 0 aliphatic carbocycles. The maximum absolute atomic E-state index is 6.75. The highest BCUT2D eigenvalue weighted by Crippen LogP contribution is 2.39. The van der Waals surface area contributed by atoms with Gasteiger partial charge in [-0.05, 0) is 31.1 Å². The summed E-state index contributed by atoms with van der Waals surface area (Å²) in [6, 6.07) is 0. The molecule has 0 N–H and O–H groups in total. The van der Waals surface area contributed by atoms with E-state index in [1.54, 1.807) is 0 Å². The van der Waals surface area contributed by atoms with Crippen LogP contribution in [0.2, 0.25) is 10.6 Å². The van der Waals surface area contributed by atoms with Crippen LogP contribution < -0.4 is 0 Å². The Morgan fingerprint density at radius 1 is 0.944 bits per heavy atom. The summed E-state index contributed by atoms with van der Waals surface area (Å²) in [5.74, 6) is 2.33. The summed E-state index contributed by atoms with van der Waals surface area (Å²) in [5, 5.41) is 2.79. The van der Waals surface area contributed by atoms with Gasteiger partial charge in [0.25, 0.3) is 0 Å². The van der Waals surface area contributed by atoms with Crippen molar-refractivity contribution in [3.8, 4) is 0 Å². The molecule has 0 spiro atoms. The molecule has 1 aliphatic heterocycles. The van der Waals surface area contributed by atoms with Gasteiger partial charge in [-0.3, -0.25) is 0 Å². The predicted molar refractivity (Wildman–Crippen MR) is 82.2 cm³/mol. The highest BCUT2D eigenvalue weighted by molar-refractivity contribution is 6.52. The van der Waals surface area contributed by atoms with E-state index in [4.69, 9.17) is 3.79 Å². The molecule has 0 atom stereocenters. The van der Waals surface area contributed by atoms with Crippen LogP contribution in [-0.4, -0.2) is 20.1 Å². The first-order valence-electron chi connectivity index (χ1n) is 8.01. The molecule has 0 saturated carbocycles. The van der Waals surface area contributed by atoms with Gasteiger partial charge in [-0.1, -0.05) is 64.4 Å². The van der Waals surface area contributed by atoms with Crippen molar-refractivity contribution in [1.29, 1.82) is 0 Å². The van der Waals surface area contributed by atoms with Crippen LogP contribution in [0.25, 0.3) is 0 Å². The summed E-state index contributed by atoms with van der Waals surface area (Å²) in [6.07, 6.45) is 5.27. The molecule has 0 bridgehead atoms. The molecular formula is C16H33AlO. The van der Waals surface area contributed by atoms with Crippen LogP contribution in [0.4, 0.5) is 0 Å². The van der Waals surface area contributed by atoms with Gasteiger partial charge in [-0.25, -0.2) is 0 Å². The molecule has 0 aromatic rings. The van der Waals surface area contributed by atoms with Gasteiger partial charge in [-0.15, -0.1) is 0 Å². The van der Waals surface area contributed by atoms with Crippen molar-refractivity contribution < 1.29 is 3.79 Å². The van der Waals surface area contributed by atoms with Crippen molar-refractivity contribution in [2.24, 2.45) is 17.8 Å². The van der Waals surface area contributed by atoms with Crippen molar-refractivity contribution in [3.63, 3.8) is 0 Å². The first-order chi connectivity index (χ1) is 8.33. The fourth-order valence-corrected chi connectivity index (χ4v) is 6.86. The lowest BCUT2D eigenvalue weighted by Crippen LogP contribution is -2.45. The molecule has 1 nitrogen and oxygen atoms in total. The van der Waals surface area contributed by atoms with Gasteiger partial charge in [0.05, 0.1) is 0 Å². The molecular weight excluding hydrogens is 235 g/mol. The molecule has 0 radical (unpaired) electrons. The zero-order valence-corrected chi connectivity index (χ0v) is 14.6. The van der Waals surface area contributed by atoms with Gasteiger partial charge < -0.3 is 3.79 Å². The van der Waals surface area contributed by atoms with E-state index in [9.17, 15) is 0 Å². The van der Waals surface area contributed by atoms with Gasteiger partial charge in [0.15, 0.2) is 0 Å². The zero-order valence-electron chi connectivity index (χ0n) is 13.5. The maximum atomic E-state index is 6.75. The Morgan fingerprint density at radius 3 is 1.94 bits per heavy atom. The van der Waals surface area contributed by atoms with E-state index >= 15 is 0 Å². The summed E-state index contributed by atoms with van der Waals surface area (Å²) in [7, 11) is 0. The Hall–Kier alpha value is 0.492. The van der Waals surface area contributed by atoms with E-state index in [1.807, 2.05) is 0 Å². The van der Waals surface area contributed by atoms with Gasteiger partial charge >= 0.3 is 14.5 Å². The predicted octanol–water partition coefficient (Wildman–Crippen LogP) is 5.28. The summed E-state index contributed by atoms with van der Waals surface area (Å²) < 4.78 is 6.75. The number of hydrogen-bond donors (Lipinski definition) is 0. The van der Waals surface area contributed by atoms with Crippen molar-refractivity contribution in [3.05, 3.63) is 0 Å². The average molecular weight is 268 g/mol. The summed E-state index contributed by atoms with van der Waals surface area (Å²) >= 11 is -0.927. The van der Waals surface area contributed by atoms with Gasteiger partial charge in [0, 0.05) is 5.60 Å². The van der Waals surface area contributed by atoms with Crippen LogP contribution in [-0.2, 0) is 3.79 Å². The van der Waals surface area contributed by atoms with Crippen molar-refractivity contribution >= 4 is 14.5 Å². The van der Waals surface area contributed by atoms with E-state index < -0.39 is 14.5 Å². The van der Waals surface area contributed by atoms with Crippen molar-refractivity contribution in [1.82, 2.24) is 0 Å². The molecule has 18 heavy (non-hydrogen) atoms. The lowest BCUT2D eigenvalue weighted by atomic mass is 9.82. The normalized spacial score (nSPS) is 20.2. The number of rotatable bonds is 6. The topological polar surface area (TPSA) is 9.23 Å². The molecule has 2 heteroatoms. The maximum Gasteiger partial charge on any atom is 0.461 e. The van der Waals surface area contributed by atoms with Crippen LogP contribution in [0.15, 0.2) is 0 Å². The molecule has 0 amide bonds. The lowest BCUT2D eigenvalue weighted by Gasteiger charge is -2.44. The highest BCUT2D eigenvalue weighted by Gasteiger charge is 2.40. The second-order valence-corrected chi connectivity index (χ2v) is 10.2. The quantitative estimate of drug-likeness (QED) is 0.596. The van der Waals surface area contributed by atoms with Crippen LogP contribution in [0.3, 0.4) is 0 Å². The molecule has 1 heterocycles. The van der Waals surface area contributed by atoms with Crippen LogP contribution in [0, 0.1) is 17.8 Å². The first-order valence-corrected chi connectivity index (χ1v) is 10.1. The largest absolute Gasteiger partial charge is 0.496 e. The Kier molecular flexibility index (Phi) is 6.73. The Labute approximate surface area is 119 Å². The molecule has 1 saturated heterocycles. The first kappa shape index (κ1) is 16.5. The minimum absolute atomic E-state index is 0.242. The van der Waals surface area contributed by atoms with E-state index in [0.717, 1.165) is 17.8 Å². The third-order valence-corrected chi connectivity index (χ3v) is 7.22. The molecule has 1 aliphatic rings. The Morgan fingerprint density at radius 2 is 1.50 bits per heavy atom. The van der Waals surface area contributed by atoms with E-state index in [-0.39, 0.29) is 5.60 Å². The second-order valence-electron chi connectivity index (χ2n) is 7.64. The average Bonchev–Trinajstić information content (AvgIpc) is 2.12. The number of hydrogen-bond acceptors (Lipinski definition) is 1. The molecule has 0 aromatic carbocycles. The monoisotopic (exact) mass is 268 g/mol. The summed E-state index contributed by atoms with van der Waals surface area (Å²) in [4.78, 5) is 0. The van der Waals surface area contributed by atoms with E-state index in [0.29, 0.717) is 0 Å². The standard InChI is InChI=1S/C12H24O.C4H9.Al/c1-6-7-12(13,8-10(2)3)9-11(4)5;1-4(2)3;/h10-11H,1,6-9H2,2-5H3;4H,1H2,2-3H3;/q-1;;+1. The third kappa shape index (κ3) is 5.64. The fourth-order valence-electron chi connectivity index (χ4n) is 3.69. The molecule has 1 fully saturated rings. The smallest absolute Gasteiger partial charge is 0.461 e.